The van der Waals surface area contributed by atoms with Crippen LogP contribution in [-0.2, 0) is 14.3 Å². The molecule has 1 aliphatic rings. The Labute approximate surface area is 160 Å². The van der Waals surface area contributed by atoms with E-state index < -0.39 is 23.7 Å². The Morgan fingerprint density at radius 2 is 2.00 bits per heavy atom. The van der Waals surface area contributed by atoms with E-state index in [0.29, 0.717) is 21.8 Å². The lowest BCUT2D eigenvalue weighted by atomic mass is 9.99. The van der Waals surface area contributed by atoms with Crippen LogP contribution in [-0.4, -0.2) is 23.6 Å². The topological polar surface area (TPSA) is 90.6 Å². The lowest BCUT2D eigenvalue weighted by Crippen LogP contribution is -2.31. The molecule has 0 fully saturated rings. The van der Waals surface area contributed by atoms with Crippen LogP contribution in [0.2, 0.25) is 5.02 Å². The Balaban J connectivity index is 2.15. The smallest absolute Gasteiger partial charge is 0.340 e. The first kappa shape index (κ1) is 18.5. The predicted molar refractivity (Wildman–Crippen MR) is 99.1 cm³/mol. The number of nitrogens with zero attached hydrogens (tertiary/aromatic N) is 2. The second-order valence-corrected chi connectivity index (χ2v) is 6.21. The molecule has 0 radical (unpaired) electrons. The number of benzene rings is 2. The van der Waals surface area contributed by atoms with E-state index >= 15 is 0 Å². The molecule has 2 aromatic rings. The van der Waals surface area contributed by atoms with Crippen LogP contribution in [0.25, 0.3) is 0 Å². The largest absolute Gasteiger partial charge is 0.503 e. The van der Waals surface area contributed by atoms with Gasteiger partial charge in [0.2, 0.25) is 0 Å². The molecule has 1 atom stereocenters. The maximum Gasteiger partial charge on any atom is 0.340 e. The highest BCUT2D eigenvalue weighted by Crippen LogP contribution is 2.41. The number of ether oxygens (including phenoxy) is 1. The number of rotatable bonds is 4. The van der Waals surface area contributed by atoms with Crippen LogP contribution in [0.3, 0.4) is 0 Å². The summed E-state index contributed by atoms with van der Waals surface area (Å²) in [5, 5.41) is 19.8. The highest BCUT2D eigenvalue weighted by atomic mass is 35.5. The number of aliphatic hydroxyl groups excluding tert-OH is 1. The SMILES string of the molecule is CCOC(=O)C1=C(O)C(=O)N(c2ccc(C#N)cc2)C1c1cccc(Cl)c1. The molecule has 27 heavy (non-hydrogen) atoms. The molecule has 0 aliphatic carbocycles. The molecule has 7 heteroatoms. The second-order valence-electron chi connectivity index (χ2n) is 5.77. The van der Waals surface area contributed by atoms with E-state index in [9.17, 15) is 14.7 Å². The summed E-state index contributed by atoms with van der Waals surface area (Å²) in [5.41, 5.74) is 1.25. The van der Waals surface area contributed by atoms with E-state index in [-0.39, 0.29) is 12.2 Å². The number of amides is 1. The summed E-state index contributed by atoms with van der Waals surface area (Å²) in [6, 6.07) is 14.1. The number of carbonyl (C=O) groups is 2. The number of hydrogen-bond donors (Lipinski definition) is 1. The van der Waals surface area contributed by atoms with Crippen molar-refractivity contribution in [2.24, 2.45) is 0 Å². The fourth-order valence-corrected chi connectivity index (χ4v) is 3.18. The summed E-state index contributed by atoms with van der Waals surface area (Å²) in [6.07, 6.45) is 0. The molecule has 0 aromatic heterocycles. The van der Waals surface area contributed by atoms with Gasteiger partial charge in [0.15, 0.2) is 5.76 Å². The monoisotopic (exact) mass is 382 g/mol. The Morgan fingerprint density at radius 1 is 1.30 bits per heavy atom. The first-order valence-electron chi connectivity index (χ1n) is 8.17. The number of nitriles is 1. The van der Waals surface area contributed by atoms with Crippen molar-refractivity contribution in [1.29, 1.82) is 5.26 Å². The minimum Gasteiger partial charge on any atom is -0.503 e. The summed E-state index contributed by atoms with van der Waals surface area (Å²) in [4.78, 5) is 26.5. The maximum absolute atomic E-state index is 12.8. The van der Waals surface area contributed by atoms with Gasteiger partial charge in [0.1, 0.15) is 5.57 Å². The van der Waals surface area contributed by atoms with Gasteiger partial charge < -0.3 is 9.84 Å². The minimum atomic E-state index is -0.900. The van der Waals surface area contributed by atoms with Crippen molar-refractivity contribution in [3.8, 4) is 6.07 Å². The highest BCUT2D eigenvalue weighted by Gasteiger charge is 2.45. The third kappa shape index (κ3) is 3.37. The van der Waals surface area contributed by atoms with Gasteiger partial charge in [-0.05, 0) is 48.9 Å². The van der Waals surface area contributed by atoms with Gasteiger partial charge in [-0.2, -0.15) is 5.26 Å². The van der Waals surface area contributed by atoms with Crippen molar-refractivity contribution in [2.75, 3.05) is 11.5 Å². The normalized spacial score (nSPS) is 16.4. The molecule has 0 bridgehead atoms. The summed E-state index contributed by atoms with van der Waals surface area (Å²) in [6.45, 7) is 1.74. The Bertz CT molecular complexity index is 976. The molecular weight excluding hydrogens is 368 g/mol. The van der Waals surface area contributed by atoms with E-state index in [4.69, 9.17) is 21.6 Å². The number of anilines is 1. The number of carbonyl (C=O) groups excluding carboxylic acids is 2. The number of hydrogen-bond acceptors (Lipinski definition) is 5. The van der Waals surface area contributed by atoms with E-state index in [1.165, 1.54) is 4.90 Å². The van der Waals surface area contributed by atoms with Gasteiger partial charge in [0.05, 0.1) is 24.3 Å². The third-order valence-electron chi connectivity index (χ3n) is 4.14. The quantitative estimate of drug-likeness (QED) is 0.814. The first-order valence-corrected chi connectivity index (χ1v) is 8.55. The Kier molecular flexibility index (Phi) is 5.15. The van der Waals surface area contributed by atoms with Crippen LogP contribution in [0, 0.1) is 11.3 Å². The van der Waals surface area contributed by atoms with Crippen LogP contribution >= 0.6 is 11.6 Å². The van der Waals surface area contributed by atoms with Crippen molar-refractivity contribution in [3.05, 3.63) is 76.0 Å². The molecule has 6 nitrogen and oxygen atoms in total. The molecule has 1 heterocycles. The van der Waals surface area contributed by atoms with Crippen LogP contribution in [0.4, 0.5) is 5.69 Å². The fourth-order valence-electron chi connectivity index (χ4n) is 2.98. The van der Waals surface area contributed by atoms with Crippen LogP contribution in [0.15, 0.2) is 59.9 Å². The standard InChI is InChI=1S/C20H15ClN2O4/c1-2-27-20(26)16-17(13-4-3-5-14(21)10-13)23(19(25)18(16)24)15-8-6-12(11-22)7-9-15/h3-10,17,24H,2H2,1H3. The summed E-state index contributed by atoms with van der Waals surface area (Å²) < 4.78 is 5.04. The summed E-state index contributed by atoms with van der Waals surface area (Å²) in [5.74, 6) is -2.17. The summed E-state index contributed by atoms with van der Waals surface area (Å²) in [7, 11) is 0. The van der Waals surface area contributed by atoms with Gasteiger partial charge >= 0.3 is 5.97 Å². The van der Waals surface area contributed by atoms with Gasteiger partial charge in [-0.15, -0.1) is 0 Å². The zero-order valence-electron chi connectivity index (χ0n) is 14.3. The zero-order chi connectivity index (χ0) is 19.6. The average Bonchev–Trinajstić information content (AvgIpc) is 2.93. The van der Waals surface area contributed by atoms with E-state index in [1.807, 2.05) is 6.07 Å². The van der Waals surface area contributed by atoms with Crippen molar-refractivity contribution in [1.82, 2.24) is 0 Å². The van der Waals surface area contributed by atoms with Gasteiger partial charge in [-0.25, -0.2) is 4.79 Å². The number of halogens is 1. The molecule has 2 aromatic carbocycles. The average molecular weight is 383 g/mol. The van der Waals surface area contributed by atoms with Crippen molar-refractivity contribution < 1.29 is 19.4 Å². The van der Waals surface area contributed by atoms with E-state index in [0.717, 1.165) is 0 Å². The Hall–Kier alpha value is -3.30. The van der Waals surface area contributed by atoms with Crippen molar-refractivity contribution >= 4 is 29.2 Å². The Morgan fingerprint density at radius 3 is 2.59 bits per heavy atom. The maximum atomic E-state index is 12.8. The summed E-state index contributed by atoms with van der Waals surface area (Å²) >= 11 is 6.08. The van der Waals surface area contributed by atoms with E-state index in [2.05, 4.69) is 0 Å². The number of esters is 1. The first-order chi connectivity index (χ1) is 13.0. The van der Waals surface area contributed by atoms with Crippen LogP contribution < -0.4 is 4.90 Å². The molecule has 1 N–H and O–H groups in total. The molecule has 0 saturated heterocycles. The fraction of sp³-hybridized carbons (Fsp3) is 0.150. The molecule has 1 amide bonds. The van der Waals surface area contributed by atoms with E-state index in [1.54, 1.807) is 55.5 Å². The van der Waals surface area contributed by atoms with Gasteiger partial charge in [-0.3, -0.25) is 9.69 Å². The lowest BCUT2D eigenvalue weighted by molar-refractivity contribution is -0.139. The second kappa shape index (κ2) is 7.52. The predicted octanol–water partition coefficient (Wildman–Crippen LogP) is 3.67. The zero-order valence-corrected chi connectivity index (χ0v) is 15.1. The molecule has 3 rings (SSSR count). The molecule has 1 unspecified atom stereocenters. The van der Waals surface area contributed by atoms with Crippen LogP contribution in [0.5, 0.6) is 0 Å². The van der Waals surface area contributed by atoms with Crippen molar-refractivity contribution in [3.63, 3.8) is 0 Å². The number of aliphatic hydroxyl groups is 1. The highest BCUT2D eigenvalue weighted by molar-refractivity contribution is 6.30. The lowest BCUT2D eigenvalue weighted by Gasteiger charge is -2.26. The molecule has 1 aliphatic heterocycles. The van der Waals surface area contributed by atoms with Gasteiger partial charge in [0.25, 0.3) is 5.91 Å². The minimum absolute atomic E-state index is 0.100. The third-order valence-corrected chi connectivity index (χ3v) is 4.38. The molecular formula is C20H15ClN2O4. The molecule has 136 valence electrons. The van der Waals surface area contributed by atoms with Crippen molar-refractivity contribution in [2.45, 2.75) is 13.0 Å². The molecule has 0 spiro atoms. The van der Waals surface area contributed by atoms with Gasteiger partial charge in [-0.1, -0.05) is 23.7 Å². The van der Waals surface area contributed by atoms with Crippen LogP contribution in [0.1, 0.15) is 24.1 Å². The van der Waals surface area contributed by atoms with Gasteiger partial charge in [0, 0.05) is 10.7 Å². The molecule has 0 saturated carbocycles.